The molecule has 0 aliphatic heterocycles. The second-order valence-corrected chi connectivity index (χ2v) is 14.5. The molecule has 2 heteroatoms. The molecule has 0 aliphatic rings. The van der Waals surface area contributed by atoms with Gasteiger partial charge >= 0.3 is 0 Å². The lowest BCUT2D eigenvalue weighted by molar-refractivity contribution is 0.592. The molecule has 1 nitrogen and oxygen atoms in total. The first-order valence-corrected chi connectivity index (χ1v) is 17.9. The molecule has 0 aliphatic carbocycles. The van der Waals surface area contributed by atoms with Crippen LogP contribution in [-0.2, 0) is 4.57 Å². The Balaban J connectivity index is 1.21. The van der Waals surface area contributed by atoms with E-state index in [9.17, 15) is 0 Å². The van der Waals surface area contributed by atoms with Crippen LogP contribution in [0.4, 0.5) is 0 Å². The van der Waals surface area contributed by atoms with E-state index in [1.807, 2.05) is 72.8 Å². The molecule has 230 valence electrons. The van der Waals surface area contributed by atoms with Gasteiger partial charge in [0.05, 0.1) is 0 Å². The maximum absolute atomic E-state index is 15.4. The first kappa shape index (κ1) is 30.9. The highest BCUT2D eigenvalue weighted by molar-refractivity contribution is 7.85. The molecule has 48 heavy (non-hydrogen) atoms. The molecule has 0 radical (unpaired) electrons. The van der Waals surface area contributed by atoms with Crippen molar-refractivity contribution in [2.75, 3.05) is 0 Å². The van der Waals surface area contributed by atoms with Crippen LogP contribution in [0.3, 0.4) is 0 Å². The lowest BCUT2D eigenvalue weighted by Crippen LogP contribution is -2.25. The minimum Gasteiger partial charge on any atom is -0.309 e. The molecular weight excluding hydrogens is 599 g/mol. The fourth-order valence-electron chi connectivity index (χ4n) is 5.93. The van der Waals surface area contributed by atoms with Gasteiger partial charge in [-0.2, -0.15) is 0 Å². The van der Waals surface area contributed by atoms with Crippen molar-refractivity contribution >= 4 is 70.3 Å². The van der Waals surface area contributed by atoms with Crippen molar-refractivity contribution in [2.45, 2.75) is 0 Å². The second-order valence-electron chi connectivity index (χ2n) is 11.8. The zero-order valence-corrected chi connectivity index (χ0v) is 27.5. The van der Waals surface area contributed by atoms with Crippen molar-refractivity contribution in [3.05, 3.63) is 209 Å². The summed E-state index contributed by atoms with van der Waals surface area (Å²) >= 11 is 0. The number of fused-ring (bicyclic) bond motifs is 1. The molecule has 7 aromatic rings. The summed E-state index contributed by atoms with van der Waals surface area (Å²) < 4.78 is 15.4. The van der Waals surface area contributed by atoms with E-state index < -0.39 is 7.14 Å². The third-order valence-corrected chi connectivity index (χ3v) is 11.7. The quantitative estimate of drug-likeness (QED) is 0.114. The van der Waals surface area contributed by atoms with Crippen LogP contribution in [0.15, 0.2) is 176 Å². The first-order valence-electron chi connectivity index (χ1n) is 16.2. The van der Waals surface area contributed by atoms with Crippen LogP contribution in [0.2, 0.25) is 0 Å². The summed E-state index contributed by atoms with van der Waals surface area (Å²) in [5.41, 5.74) is 6.63. The summed E-state index contributed by atoms with van der Waals surface area (Å²) in [6.07, 6.45) is 12.7. The first-order chi connectivity index (χ1) is 23.6. The zero-order chi connectivity index (χ0) is 32.6. The van der Waals surface area contributed by atoms with E-state index in [0.717, 1.165) is 43.7 Å². The lowest BCUT2D eigenvalue weighted by atomic mass is 10.0. The smallest absolute Gasteiger partial charge is 0.171 e. The third kappa shape index (κ3) is 6.98. The highest BCUT2D eigenvalue weighted by Crippen LogP contribution is 2.42. The Hall–Kier alpha value is -5.75. The predicted octanol–water partition coefficient (Wildman–Crippen LogP) is 11.0. The van der Waals surface area contributed by atoms with E-state index in [-0.39, 0.29) is 0 Å². The molecule has 7 rings (SSSR count). The van der Waals surface area contributed by atoms with Crippen LogP contribution in [0.25, 0.3) is 47.2 Å². The average molecular weight is 635 g/mol. The van der Waals surface area contributed by atoms with Crippen molar-refractivity contribution in [1.82, 2.24) is 0 Å². The Morgan fingerprint density at radius 2 is 0.667 bits per heavy atom. The third-order valence-electron chi connectivity index (χ3n) is 8.58. The minimum absolute atomic E-state index is 0.810. The van der Waals surface area contributed by atoms with Gasteiger partial charge in [-0.1, -0.05) is 212 Å². The van der Waals surface area contributed by atoms with Gasteiger partial charge in [0.2, 0.25) is 0 Å². The summed E-state index contributed by atoms with van der Waals surface area (Å²) in [6, 6.07) is 59.8. The van der Waals surface area contributed by atoms with Gasteiger partial charge in [-0.25, -0.2) is 0 Å². The molecule has 0 heterocycles. The largest absolute Gasteiger partial charge is 0.309 e. The molecular formula is C46H35OP. The van der Waals surface area contributed by atoms with E-state index in [1.54, 1.807) is 0 Å². The summed E-state index contributed by atoms with van der Waals surface area (Å²) in [4.78, 5) is 0. The van der Waals surface area contributed by atoms with Crippen molar-refractivity contribution in [1.29, 1.82) is 0 Å². The van der Waals surface area contributed by atoms with Crippen LogP contribution in [0.1, 0.15) is 33.4 Å². The van der Waals surface area contributed by atoms with Gasteiger partial charge in [0.15, 0.2) is 7.14 Å². The normalized spacial score (nSPS) is 13.0. The Labute approximate surface area is 283 Å². The summed E-state index contributed by atoms with van der Waals surface area (Å²) in [6.45, 7) is 0. The Bertz CT molecular complexity index is 2160. The van der Waals surface area contributed by atoms with E-state index >= 15 is 4.57 Å². The van der Waals surface area contributed by atoms with E-state index in [0.29, 0.717) is 0 Å². The van der Waals surface area contributed by atoms with Crippen molar-refractivity contribution in [2.24, 2.45) is 0 Å². The van der Waals surface area contributed by atoms with Crippen LogP contribution in [0, 0.1) is 0 Å². The topological polar surface area (TPSA) is 17.1 Å². The highest BCUT2D eigenvalue weighted by Gasteiger charge is 2.29. The van der Waals surface area contributed by atoms with Crippen molar-refractivity contribution in [3.63, 3.8) is 0 Å². The number of benzene rings is 7. The van der Waals surface area contributed by atoms with E-state index in [1.165, 1.54) is 16.3 Å². The van der Waals surface area contributed by atoms with Crippen molar-refractivity contribution < 1.29 is 4.57 Å². The second kappa shape index (κ2) is 14.3. The fourth-order valence-corrected chi connectivity index (χ4v) is 8.53. The molecule has 0 fully saturated rings. The molecule has 0 aromatic heterocycles. The standard InChI is InChI=1S/C46H35OP/c47-48(43-30-23-38(24-31-43)20-18-36-10-3-1-4-11-36,44-32-25-39(26-33-44)21-19-37-12-5-2-6-13-37)45-34-27-40(28-35-45)22-29-42-16-9-15-41-14-7-8-17-46(41)42/h1-35H. The molecule has 0 saturated carbocycles. The minimum atomic E-state index is -3.17. The maximum Gasteiger partial charge on any atom is 0.171 e. The van der Waals surface area contributed by atoms with Crippen LogP contribution in [-0.4, -0.2) is 0 Å². The molecule has 7 aromatic carbocycles. The monoisotopic (exact) mass is 634 g/mol. The van der Waals surface area contributed by atoms with Crippen LogP contribution >= 0.6 is 7.14 Å². The molecule has 0 saturated heterocycles. The molecule has 0 unspecified atom stereocenters. The SMILES string of the molecule is O=P(c1ccc(C=Cc2ccccc2)cc1)(c1ccc(C=Cc2ccccc2)cc1)c1ccc(C=Cc2cccc3ccccc23)cc1. The lowest BCUT2D eigenvalue weighted by Gasteiger charge is -2.20. The van der Waals surface area contributed by atoms with Crippen molar-refractivity contribution in [3.8, 4) is 0 Å². The van der Waals surface area contributed by atoms with Crippen LogP contribution < -0.4 is 15.9 Å². The molecule has 0 atom stereocenters. The van der Waals surface area contributed by atoms with Gasteiger partial charge in [0.25, 0.3) is 0 Å². The van der Waals surface area contributed by atoms with Gasteiger partial charge in [-0.15, -0.1) is 0 Å². The maximum atomic E-state index is 15.4. The average Bonchev–Trinajstić information content (AvgIpc) is 3.16. The van der Waals surface area contributed by atoms with Gasteiger partial charge in [-0.3, -0.25) is 0 Å². The van der Waals surface area contributed by atoms with Gasteiger partial charge < -0.3 is 4.57 Å². The Kier molecular flexibility index (Phi) is 9.23. The summed E-state index contributed by atoms with van der Waals surface area (Å²) in [5, 5.41) is 4.88. The molecule has 0 N–H and O–H groups in total. The number of rotatable bonds is 9. The fraction of sp³-hybridized carbons (Fsp3) is 0. The number of hydrogen-bond acceptors (Lipinski definition) is 1. The highest BCUT2D eigenvalue weighted by atomic mass is 31.2. The zero-order valence-electron chi connectivity index (χ0n) is 26.6. The predicted molar refractivity (Wildman–Crippen MR) is 209 cm³/mol. The molecule has 0 spiro atoms. The van der Waals surface area contributed by atoms with E-state index in [2.05, 4.69) is 140 Å². The number of hydrogen-bond donors (Lipinski definition) is 0. The van der Waals surface area contributed by atoms with E-state index in [4.69, 9.17) is 0 Å². The van der Waals surface area contributed by atoms with Gasteiger partial charge in [-0.05, 0) is 44.2 Å². The summed E-state index contributed by atoms with van der Waals surface area (Å²) in [7, 11) is -3.17. The van der Waals surface area contributed by atoms with Gasteiger partial charge in [0, 0.05) is 15.9 Å². The van der Waals surface area contributed by atoms with Gasteiger partial charge in [0.1, 0.15) is 0 Å². The molecule has 0 bridgehead atoms. The van der Waals surface area contributed by atoms with Crippen LogP contribution in [0.5, 0.6) is 0 Å². The summed E-state index contributed by atoms with van der Waals surface area (Å²) in [5.74, 6) is 0. The Morgan fingerprint density at radius 3 is 1.12 bits per heavy atom. The molecule has 0 amide bonds. The Morgan fingerprint density at radius 1 is 0.312 bits per heavy atom.